The highest BCUT2D eigenvalue weighted by molar-refractivity contribution is 5.27. The molecule has 0 aromatic heterocycles. The summed E-state index contributed by atoms with van der Waals surface area (Å²) < 4.78 is 0. The Morgan fingerprint density at radius 2 is 2.12 bits per heavy atom. The van der Waals surface area contributed by atoms with Crippen LogP contribution >= 0.6 is 0 Å². The second kappa shape index (κ2) is 2.79. The van der Waals surface area contributed by atoms with Crippen molar-refractivity contribution in [2.45, 2.75) is 6.04 Å². The smallest absolute Gasteiger partial charge is 0.128 e. The Balaban J connectivity index is 3.93. The first kappa shape index (κ1) is 6.68. The van der Waals surface area contributed by atoms with E-state index in [0.29, 0.717) is 0 Å². The van der Waals surface area contributed by atoms with Gasteiger partial charge in [0.2, 0.25) is 0 Å². The van der Waals surface area contributed by atoms with Gasteiger partial charge < -0.3 is 5.73 Å². The zero-order valence-electron chi connectivity index (χ0n) is 4.26. The van der Waals surface area contributed by atoms with Crippen LogP contribution in [0, 0.1) is 22.7 Å². The summed E-state index contributed by atoms with van der Waals surface area (Å²) >= 11 is 0. The van der Waals surface area contributed by atoms with Gasteiger partial charge in [0.25, 0.3) is 0 Å². The predicted molar refractivity (Wildman–Crippen MR) is 28.3 cm³/mol. The molecular weight excluding hydrogens is 102 g/mol. The van der Waals surface area contributed by atoms with E-state index in [9.17, 15) is 0 Å². The molecule has 3 nitrogen and oxygen atoms in total. The van der Waals surface area contributed by atoms with Crippen LogP contribution in [0.3, 0.4) is 0 Å². The van der Waals surface area contributed by atoms with Gasteiger partial charge in [-0.2, -0.15) is 10.5 Å². The van der Waals surface area contributed by atoms with Crippen molar-refractivity contribution in [2.75, 3.05) is 0 Å². The van der Waals surface area contributed by atoms with Gasteiger partial charge in [-0.25, -0.2) is 0 Å². The zero-order valence-corrected chi connectivity index (χ0v) is 4.26. The summed E-state index contributed by atoms with van der Waals surface area (Å²) in [6, 6.07) is 2.51. The lowest BCUT2D eigenvalue weighted by atomic mass is 10.2. The molecule has 40 valence electrons. The lowest BCUT2D eigenvalue weighted by Crippen LogP contribution is -2.18. The third kappa shape index (κ3) is 1.42. The molecule has 0 aromatic carbocycles. The van der Waals surface area contributed by atoms with Crippen LogP contribution in [-0.4, -0.2) is 6.04 Å². The van der Waals surface area contributed by atoms with Crippen molar-refractivity contribution in [3.63, 3.8) is 0 Å². The maximum Gasteiger partial charge on any atom is 0.128 e. The summed E-state index contributed by atoms with van der Waals surface area (Å²) in [4.78, 5) is 0. The maximum atomic E-state index is 8.06. The molecule has 0 spiro atoms. The van der Waals surface area contributed by atoms with E-state index in [1.54, 1.807) is 12.1 Å². The Kier molecular flexibility index (Phi) is 2.33. The van der Waals surface area contributed by atoms with Crippen molar-refractivity contribution in [1.82, 2.24) is 0 Å². The van der Waals surface area contributed by atoms with Gasteiger partial charge in [-0.3, -0.25) is 0 Å². The molecule has 1 atom stereocenters. The molecule has 0 amide bonds. The van der Waals surface area contributed by atoms with Gasteiger partial charge in [0.15, 0.2) is 0 Å². The fourth-order valence-corrected chi connectivity index (χ4v) is 0.147. The van der Waals surface area contributed by atoms with Gasteiger partial charge in [0.1, 0.15) is 6.04 Å². The minimum Gasteiger partial charge on any atom is -0.312 e. The first-order valence-corrected chi connectivity index (χ1v) is 1.96. The van der Waals surface area contributed by atoms with Crippen molar-refractivity contribution < 1.29 is 0 Å². The fraction of sp³-hybridized carbons (Fsp3) is 0.200. The normalized spacial score (nSPS) is 10.9. The van der Waals surface area contributed by atoms with E-state index in [1.165, 1.54) is 0 Å². The second-order valence-corrected chi connectivity index (χ2v) is 1.24. The number of rotatable bonds is 1. The first-order valence-electron chi connectivity index (χ1n) is 1.96. The average Bonchev–Trinajstić information content (AvgIpc) is 1.84. The van der Waals surface area contributed by atoms with Crippen molar-refractivity contribution >= 4 is 0 Å². The lowest BCUT2D eigenvalue weighted by molar-refractivity contribution is 1.00. The minimum atomic E-state index is -0.833. The summed E-state index contributed by atoms with van der Waals surface area (Å²) in [5.41, 5.74) is 5.15. The number of nitrogens with zero attached hydrogens (tertiary/aromatic N) is 2. The quantitative estimate of drug-likeness (QED) is 0.476. The van der Waals surface area contributed by atoms with Gasteiger partial charge >= 0.3 is 0 Å². The van der Waals surface area contributed by atoms with E-state index in [4.69, 9.17) is 16.3 Å². The van der Waals surface area contributed by atoms with E-state index in [2.05, 4.69) is 6.58 Å². The van der Waals surface area contributed by atoms with Crippen molar-refractivity contribution in [1.29, 1.82) is 10.5 Å². The van der Waals surface area contributed by atoms with Gasteiger partial charge in [0, 0.05) is 0 Å². The van der Waals surface area contributed by atoms with Crippen LogP contribution in [0.2, 0.25) is 0 Å². The molecular formula is C5H5N3. The topological polar surface area (TPSA) is 73.6 Å². The summed E-state index contributed by atoms with van der Waals surface area (Å²) in [5, 5.41) is 16.1. The Bertz CT molecular complexity index is 169. The molecule has 0 fully saturated rings. The molecule has 0 heterocycles. The van der Waals surface area contributed by atoms with Crippen LogP contribution < -0.4 is 5.73 Å². The van der Waals surface area contributed by atoms with Crippen LogP contribution in [0.1, 0.15) is 0 Å². The molecule has 2 N–H and O–H groups in total. The fourth-order valence-electron chi connectivity index (χ4n) is 0.147. The predicted octanol–water partition coefficient (Wildman–Crippen LogP) is -0.0829. The van der Waals surface area contributed by atoms with Crippen LogP contribution in [0.25, 0.3) is 0 Å². The first-order chi connectivity index (χ1) is 3.72. The molecule has 0 aliphatic rings. The molecule has 0 aromatic rings. The highest BCUT2D eigenvalue weighted by atomic mass is 14.6. The van der Waals surface area contributed by atoms with Crippen molar-refractivity contribution in [3.8, 4) is 12.1 Å². The molecule has 0 radical (unpaired) electrons. The molecule has 1 unspecified atom stereocenters. The molecule has 0 rings (SSSR count). The summed E-state index contributed by atoms with van der Waals surface area (Å²) in [5.74, 6) is 0. The van der Waals surface area contributed by atoms with Crippen LogP contribution in [-0.2, 0) is 0 Å². The van der Waals surface area contributed by atoms with E-state index < -0.39 is 6.04 Å². The third-order valence-corrected chi connectivity index (χ3v) is 0.658. The SMILES string of the molecule is C=C(C#N)C(N)C#N. The highest BCUT2D eigenvalue weighted by Crippen LogP contribution is 1.89. The highest BCUT2D eigenvalue weighted by Gasteiger charge is 2.01. The number of hydrogen-bond donors (Lipinski definition) is 1. The van der Waals surface area contributed by atoms with E-state index >= 15 is 0 Å². The molecule has 3 heteroatoms. The van der Waals surface area contributed by atoms with Gasteiger partial charge in [-0.15, -0.1) is 0 Å². The molecule has 0 aliphatic heterocycles. The third-order valence-electron chi connectivity index (χ3n) is 0.658. The van der Waals surface area contributed by atoms with E-state index in [1.807, 2.05) is 0 Å². The monoisotopic (exact) mass is 107 g/mol. The number of hydrogen-bond acceptors (Lipinski definition) is 3. The van der Waals surface area contributed by atoms with Crippen molar-refractivity contribution in [2.24, 2.45) is 5.73 Å². The largest absolute Gasteiger partial charge is 0.312 e. The van der Waals surface area contributed by atoms with Gasteiger partial charge in [0.05, 0.1) is 17.7 Å². The molecule has 0 bridgehead atoms. The number of nitriles is 2. The summed E-state index contributed by atoms with van der Waals surface area (Å²) in [6.07, 6.45) is 0. The average molecular weight is 107 g/mol. The van der Waals surface area contributed by atoms with Crippen LogP contribution in [0.4, 0.5) is 0 Å². The zero-order chi connectivity index (χ0) is 6.57. The summed E-state index contributed by atoms with van der Waals surface area (Å²) in [6.45, 7) is 3.24. The Hall–Kier alpha value is -1.32. The number of nitrogens with two attached hydrogens (primary N) is 1. The lowest BCUT2D eigenvalue weighted by Gasteiger charge is -1.92. The van der Waals surface area contributed by atoms with Gasteiger partial charge in [-0.1, -0.05) is 6.58 Å². The van der Waals surface area contributed by atoms with Crippen LogP contribution in [0.15, 0.2) is 12.2 Å². The minimum absolute atomic E-state index is 0.104. The second-order valence-electron chi connectivity index (χ2n) is 1.24. The summed E-state index contributed by atoms with van der Waals surface area (Å²) in [7, 11) is 0. The van der Waals surface area contributed by atoms with E-state index in [-0.39, 0.29) is 5.57 Å². The molecule has 0 aliphatic carbocycles. The van der Waals surface area contributed by atoms with E-state index in [0.717, 1.165) is 0 Å². The Labute approximate surface area is 47.6 Å². The molecule has 8 heavy (non-hydrogen) atoms. The Morgan fingerprint density at radius 3 is 2.25 bits per heavy atom. The van der Waals surface area contributed by atoms with Crippen molar-refractivity contribution in [3.05, 3.63) is 12.2 Å². The van der Waals surface area contributed by atoms with Gasteiger partial charge in [-0.05, 0) is 0 Å². The Morgan fingerprint density at radius 1 is 1.62 bits per heavy atom. The maximum absolute atomic E-state index is 8.06. The molecule has 0 saturated heterocycles. The molecule has 0 saturated carbocycles. The van der Waals surface area contributed by atoms with Crippen LogP contribution in [0.5, 0.6) is 0 Å². The standard InChI is InChI=1S/C5H5N3/c1-4(2-6)5(8)3-7/h5H,1,8H2.